The summed E-state index contributed by atoms with van der Waals surface area (Å²) in [6.45, 7) is 2.43. The number of sulfonamides is 1. The maximum atomic E-state index is 13.7. The van der Waals surface area contributed by atoms with Crippen LogP contribution in [0.1, 0.15) is 30.9 Å². The Bertz CT molecular complexity index is 1340. The fourth-order valence-electron chi connectivity index (χ4n) is 4.24. The van der Waals surface area contributed by atoms with Gasteiger partial charge in [0.2, 0.25) is 21.8 Å². The van der Waals surface area contributed by atoms with E-state index in [2.05, 4.69) is 5.32 Å². The Balaban J connectivity index is 1.85. The van der Waals surface area contributed by atoms with Crippen LogP contribution in [-0.2, 0) is 32.6 Å². The van der Waals surface area contributed by atoms with Crippen molar-refractivity contribution in [3.05, 3.63) is 101 Å². The van der Waals surface area contributed by atoms with E-state index < -0.39 is 21.9 Å². The van der Waals surface area contributed by atoms with Crippen LogP contribution in [0.25, 0.3) is 0 Å². The number of amides is 2. The SMILES string of the molecule is CCNC(=O)C(Cc1ccccc1)N(Cc1ccc(Cl)cc1)C(=O)CCCN(c1ccc(F)cc1)S(C)(=O)=O. The first-order valence-corrected chi connectivity index (χ1v) is 14.9. The highest BCUT2D eigenvalue weighted by Gasteiger charge is 2.30. The molecule has 0 aliphatic rings. The zero-order valence-electron chi connectivity index (χ0n) is 22.0. The van der Waals surface area contributed by atoms with Crippen molar-refractivity contribution in [2.45, 2.75) is 38.8 Å². The molecule has 3 aromatic rings. The summed E-state index contributed by atoms with van der Waals surface area (Å²) in [6.07, 6.45) is 1.59. The van der Waals surface area contributed by atoms with Gasteiger partial charge in [-0.05, 0) is 60.9 Å². The molecule has 0 saturated carbocycles. The zero-order chi connectivity index (χ0) is 28.4. The number of anilines is 1. The summed E-state index contributed by atoms with van der Waals surface area (Å²) < 4.78 is 39.4. The highest BCUT2D eigenvalue weighted by atomic mass is 35.5. The number of carbonyl (C=O) groups is 2. The molecule has 7 nitrogen and oxygen atoms in total. The summed E-state index contributed by atoms with van der Waals surface area (Å²) >= 11 is 6.05. The number of benzene rings is 3. The lowest BCUT2D eigenvalue weighted by atomic mass is 10.0. The number of rotatable bonds is 13. The van der Waals surface area contributed by atoms with Gasteiger partial charge in [-0.1, -0.05) is 54.1 Å². The van der Waals surface area contributed by atoms with E-state index >= 15 is 0 Å². The van der Waals surface area contributed by atoms with E-state index in [0.717, 1.165) is 21.7 Å². The summed E-state index contributed by atoms with van der Waals surface area (Å²) in [5.41, 5.74) is 2.02. The van der Waals surface area contributed by atoms with Crippen molar-refractivity contribution in [3.8, 4) is 0 Å². The third-order valence-electron chi connectivity index (χ3n) is 6.16. The van der Waals surface area contributed by atoms with Gasteiger partial charge in [-0.15, -0.1) is 0 Å². The van der Waals surface area contributed by atoms with Gasteiger partial charge in [0.25, 0.3) is 0 Å². The number of hydrogen-bond acceptors (Lipinski definition) is 4. The average molecular weight is 574 g/mol. The minimum atomic E-state index is -3.67. The van der Waals surface area contributed by atoms with Crippen LogP contribution in [-0.4, -0.2) is 50.5 Å². The predicted molar refractivity (Wildman–Crippen MR) is 152 cm³/mol. The van der Waals surface area contributed by atoms with Crippen LogP contribution >= 0.6 is 11.6 Å². The fraction of sp³-hybridized carbons (Fsp3) is 0.310. The molecule has 3 rings (SSSR count). The van der Waals surface area contributed by atoms with Gasteiger partial charge in [0.05, 0.1) is 11.9 Å². The van der Waals surface area contributed by atoms with E-state index in [9.17, 15) is 22.4 Å². The third-order valence-corrected chi connectivity index (χ3v) is 7.60. The first-order valence-electron chi connectivity index (χ1n) is 12.7. The maximum Gasteiger partial charge on any atom is 0.243 e. The number of halogens is 2. The topological polar surface area (TPSA) is 86.8 Å². The second kappa shape index (κ2) is 14.1. The highest BCUT2D eigenvalue weighted by molar-refractivity contribution is 7.92. The molecule has 0 spiro atoms. The second-order valence-electron chi connectivity index (χ2n) is 9.16. The number of carbonyl (C=O) groups excluding carboxylic acids is 2. The minimum absolute atomic E-state index is 0.00546. The van der Waals surface area contributed by atoms with Crippen LogP contribution in [0.15, 0.2) is 78.9 Å². The zero-order valence-corrected chi connectivity index (χ0v) is 23.6. The molecule has 1 atom stereocenters. The van der Waals surface area contributed by atoms with E-state index in [1.165, 1.54) is 24.3 Å². The molecule has 2 amide bonds. The quantitative estimate of drug-likeness (QED) is 0.318. The van der Waals surface area contributed by atoms with E-state index in [1.807, 2.05) is 37.3 Å². The largest absolute Gasteiger partial charge is 0.355 e. The van der Waals surface area contributed by atoms with Crippen LogP contribution in [0.3, 0.4) is 0 Å². The molecule has 0 aliphatic carbocycles. The Labute approximate surface area is 234 Å². The summed E-state index contributed by atoms with van der Waals surface area (Å²) in [7, 11) is -3.67. The standard InChI is InChI=1S/C29H33ClFN3O4S/c1-3-32-29(36)27(20-22-8-5-4-6-9-22)33(21-23-11-13-24(30)14-12-23)28(35)10-7-19-34(39(2,37)38)26-17-15-25(31)16-18-26/h4-6,8-9,11-18,27H,3,7,10,19-21H2,1-2H3,(H,32,36). The summed E-state index contributed by atoms with van der Waals surface area (Å²) in [6, 6.07) is 20.9. The van der Waals surface area contributed by atoms with Crippen molar-refractivity contribution in [1.82, 2.24) is 10.2 Å². The Hall–Kier alpha value is -3.43. The molecular weight excluding hydrogens is 541 g/mol. The van der Waals surface area contributed by atoms with Crippen LogP contribution < -0.4 is 9.62 Å². The number of hydrogen-bond donors (Lipinski definition) is 1. The van der Waals surface area contributed by atoms with Gasteiger partial charge in [-0.3, -0.25) is 13.9 Å². The van der Waals surface area contributed by atoms with Gasteiger partial charge in [0.15, 0.2) is 0 Å². The van der Waals surface area contributed by atoms with Crippen LogP contribution in [0.2, 0.25) is 5.02 Å². The molecule has 0 radical (unpaired) electrons. The average Bonchev–Trinajstić information content (AvgIpc) is 2.90. The summed E-state index contributed by atoms with van der Waals surface area (Å²) in [5.74, 6) is -1.03. The lowest BCUT2D eigenvalue weighted by Crippen LogP contribution is -2.50. The molecular formula is C29H33ClFN3O4S. The molecule has 39 heavy (non-hydrogen) atoms. The number of likely N-dealkylation sites (N-methyl/N-ethyl adjacent to an activating group) is 1. The van der Waals surface area contributed by atoms with Crippen LogP contribution in [0, 0.1) is 5.82 Å². The highest BCUT2D eigenvalue weighted by Crippen LogP contribution is 2.21. The van der Waals surface area contributed by atoms with E-state index in [1.54, 1.807) is 29.2 Å². The second-order valence-corrected chi connectivity index (χ2v) is 11.5. The van der Waals surface area contributed by atoms with Crippen LogP contribution in [0.4, 0.5) is 10.1 Å². The van der Waals surface area contributed by atoms with Crippen molar-refractivity contribution < 1.29 is 22.4 Å². The summed E-state index contributed by atoms with van der Waals surface area (Å²) in [5, 5.41) is 3.40. The molecule has 3 aromatic carbocycles. The van der Waals surface area contributed by atoms with Gasteiger partial charge in [0, 0.05) is 37.5 Å². The van der Waals surface area contributed by atoms with Crippen LogP contribution in [0.5, 0.6) is 0 Å². The van der Waals surface area contributed by atoms with E-state index in [4.69, 9.17) is 11.6 Å². The van der Waals surface area contributed by atoms with E-state index in [0.29, 0.717) is 23.7 Å². The Morgan fingerprint density at radius 3 is 2.18 bits per heavy atom. The number of nitrogens with zero attached hydrogens (tertiary/aromatic N) is 2. The smallest absolute Gasteiger partial charge is 0.243 e. The van der Waals surface area contributed by atoms with Crippen molar-refractivity contribution in [2.75, 3.05) is 23.7 Å². The molecule has 1 unspecified atom stereocenters. The maximum absolute atomic E-state index is 13.7. The van der Waals surface area contributed by atoms with Gasteiger partial charge < -0.3 is 10.2 Å². The lowest BCUT2D eigenvalue weighted by Gasteiger charge is -2.32. The monoisotopic (exact) mass is 573 g/mol. The molecule has 10 heteroatoms. The van der Waals surface area contributed by atoms with Gasteiger partial charge in [0.1, 0.15) is 11.9 Å². The molecule has 0 aliphatic heterocycles. The molecule has 208 valence electrons. The van der Waals surface area contributed by atoms with Gasteiger partial charge >= 0.3 is 0 Å². The van der Waals surface area contributed by atoms with Crippen molar-refractivity contribution in [2.24, 2.45) is 0 Å². The van der Waals surface area contributed by atoms with Crippen molar-refractivity contribution in [1.29, 1.82) is 0 Å². The molecule has 0 saturated heterocycles. The molecule has 0 aromatic heterocycles. The third kappa shape index (κ3) is 9.07. The van der Waals surface area contributed by atoms with Crippen molar-refractivity contribution >= 4 is 39.1 Å². The lowest BCUT2D eigenvalue weighted by molar-refractivity contribution is -0.141. The van der Waals surface area contributed by atoms with Crippen molar-refractivity contribution in [3.63, 3.8) is 0 Å². The minimum Gasteiger partial charge on any atom is -0.355 e. The molecule has 0 heterocycles. The Kier molecular flexibility index (Phi) is 10.9. The number of nitrogens with one attached hydrogen (secondary N) is 1. The Morgan fingerprint density at radius 2 is 1.59 bits per heavy atom. The first-order chi connectivity index (χ1) is 18.6. The molecule has 0 fully saturated rings. The normalized spacial score (nSPS) is 12.0. The first kappa shape index (κ1) is 30.1. The predicted octanol–water partition coefficient (Wildman–Crippen LogP) is 4.80. The van der Waals surface area contributed by atoms with Gasteiger partial charge in [-0.25, -0.2) is 12.8 Å². The Morgan fingerprint density at radius 1 is 0.949 bits per heavy atom. The van der Waals surface area contributed by atoms with Gasteiger partial charge in [-0.2, -0.15) is 0 Å². The van der Waals surface area contributed by atoms with E-state index in [-0.39, 0.29) is 37.7 Å². The molecule has 1 N–H and O–H groups in total. The fourth-order valence-corrected chi connectivity index (χ4v) is 5.34. The molecule has 0 bridgehead atoms. The summed E-state index contributed by atoms with van der Waals surface area (Å²) in [4.78, 5) is 28.4.